The maximum Gasteiger partial charge on any atom is 0.0587 e. The Labute approximate surface area is 114 Å². The van der Waals surface area contributed by atoms with Gasteiger partial charge in [0, 0.05) is 10.1 Å². The number of allylic oxidation sites excluding steroid dienone is 1. The predicted octanol–water partition coefficient (Wildman–Crippen LogP) is 4.13. The summed E-state index contributed by atoms with van der Waals surface area (Å²) in [6.07, 6.45) is 5.16. The molecule has 2 heteroatoms. The molecule has 0 heterocycles. The monoisotopic (exact) mass is 262 g/mol. The number of hydrogen-bond acceptors (Lipinski definition) is 2. The first-order chi connectivity index (χ1) is 8.48. The predicted molar refractivity (Wildman–Crippen MR) is 78.8 cm³/mol. The van der Waals surface area contributed by atoms with Crippen molar-refractivity contribution in [2.45, 2.75) is 43.4 Å². The molecule has 1 N–H and O–H groups in total. The molecule has 1 nitrogen and oxygen atoms in total. The highest BCUT2D eigenvalue weighted by atomic mass is 32.2. The summed E-state index contributed by atoms with van der Waals surface area (Å²) >= 11 is 1.84. The summed E-state index contributed by atoms with van der Waals surface area (Å²) in [6.45, 7) is 6.53. The lowest BCUT2D eigenvalue weighted by molar-refractivity contribution is 0.0882. The lowest BCUT2D eigenvalue weighted by Crippen LogP contribution is -2.27. The highest BCUT2D eigenvalue weighted by Gasteiger charge is 2.31. The van der Waals surface area contributed by atoms with Crippen molar-refractivity contribution in [1.82, 2.24) is 0 Å². The Morgan fingerprint density at radius 2 is 1.89 bits per heavy atom. The van der Waals surface area contributed by atoms with Gasteiger partial charge in [0.15, 0.2) is 0 Å². The van der Waals surface area contributed by atoms with Gasteiger partial charge in [-0.1, -0.05) is 51.1 Å². The molecule has 3 unspecified atom stereocenters. The molecule has 0 saturated heterocycles. The zero-order valence-electron chi connectivity index (χ0n) is 11.3. The molecule has 1 aromatic carbocycles. The van der Waals surface area contributed by atoms with Crippen LogP contribution in [0.4, 0.5) is 0 Å². The summed E-state index contributed by atoms with van der Waals surface area (Å²) in [7, 11) is 0. The molecule has 1 aliphatic carbocycles. The van der Waals surface area contributed by atoms with Gasteiger partial charge in [-0.25, -0.2) is 0 Å². The Hall–Kier alpha value is -0.730. The van der Waals surface area contributed by atoms with E-state index in [-0.39, 0.29) is 17.4 Å². The molecule has 0 radical (unpaired) electrons. The van der Waals surface area contributed by atoms with E-state index in [1.54, 1.807) is 0 Å². The topological polar surface area (TPSA) is 20.2 Å². The number of hydrogen-bond donors (Lipinski definition) is 1. The molecule has 0 saturated carbocycles. The highest BCUT2D eigenvalue weighted by molar-refractivity contribution is 8.00. The summed E-state index contributed by atoms with van der Waals surface area (Å²) in [5, 5.41) is 10.6. The summed E-state index contributed by atoms with van der Waals surface area (Å²) in [5.74, 6) is 0.285. The second-order valence-electron chi connectivity index (χ2n) is 5.87. The maximum absolute atomic E-state index is 10.3. The molecule has 0 aliphatic heterocycles. The Balaban J connectivity index is 2.16. The molecule has 2 rings (SSSR count). The van der Waals surface area contributed by atoms with Crippen LogP contribution in [0.3, 0.4) is 0 Å². The van der Waals surface area contributed by atoms with Crippen LogP contribution in [-0.4, -0.2) is 16.5 Å². The third kappa shape index (κ3) is 3.39. The van der Waals surface area contributed by atoms with E-state index in [4.69, 9.17) is 0 Å². The van der Waals surface area contributed by atoms with Gasteiger partial charge in [-0.15, -0.1) is 11.8 Å². The van der Waals surface area contributed by atoms with Crippen LogP contribution in [0, 0.1) is 11.3 Å². The van der Waals surface area contributed by atoms with Crippen molar-refractivity contribution in [2.75, 3.05) is 0 Å². The second-order valence-corrected chi connectivity index (χ2v) is 7.13. The molecule has 0 amide bonds. The van der Waals surface area contributed by atoms with Crippen molar-refractivity contribution in [3.8, 4) is 0 Å². The summed E-state index contributed by atoms with van der Waals surface area (Å²) in [4.78, 5) is 1.27. The van der Waals surface area contributed by atoms with Gasteiger partial charge in [-0.05, 0) is 29.9 Å². The molecular formula is C16H22OS. The van der Waals surface area contributed by atoms with Crippen LogP contribution in [0.15, 0.2) is 47.4 Å². The van der Waals surface area contributed by atoms with Crippen LogP contribution < -0.4 is 0 Å². The Bertz CT molecular complexity index is 410. The van der Waals surface area contributed by atoms with Crippen LogP contribution in [-0.2, 0) is 0 Å². The molecule has 1 aliphatic rings. The van der Waals surface area contributed by atoms with Crippen molar-refractivity contribution >= 4 is 11.8 Å². The Morgan fingerprint density at radius 1 is 1.22 bits per heavy atom. The standard InChI is InChI=1S/C16H22OS/c1-12-14(17)11-16(2,3)10-9-15(12)18-13-7-5-4-6-8-13/h4-10,12,14-15,17H,11H2,1-3H3. The van der Waals surface area contributed by atoms with Crippen molar-refractivity contribution in [1.29, 1.82) is 0 Å². The fraction of sp³-hybridized carbons (Fsp3) is 0.500. The maximum atomic E-state index is 10.3. The lowest BCUT2D eigenvalue weighted by Gasteiger charge is -2.26. The molecular weight excluding hydrogens is 240 g/mol. The average molecular weight is 262 g/mol. The number of benzene rings is 1. The molecule has 0 aromatic heterocycles. The molecule has 0 spiro atoms. The van der Waals surface area contributed by atoms with E-state index in [1.165, 1.54) is 4.90 Å². The highest BCUT2D eigenvalue weighted by Crippen LogP contribution is 2.38. The second kappa shape index (κ2) is 5.50. The molecule has 0 bridgehead atoms. The van der Waals surface area contributed by atoms with Crippen LogP contribution >= 0.6 is 11.8 Å². The van der Waals surface area contributed by atoms with Crippen LogP contribution in [0.25, 0.3) is 0 Å². The van der Waals surface area contributed by atoms with E-state index in [0.29, 0.717) is 5.25 Å². The normalized spacial score (nSPS) is 31.0. The number of aliphatic hydroxyl groups is 1. The van der Waals surface area contributed by atoms with E-state index in [9.17, 15) is 5.11 Å². The van der Waals surface area contributed by atoms with E-state index in [2.05, 4.69) is 57.2 Å². The van der Waals surface area contributed by atoms with Crippen LogP contribution in [0.2, 0.25) is 0 Å². The first-order valence-electron chi connectivity index (χ1n) is 6.57. The molecule has 1 aromatic rings. The van der Waals surface area contributed by atoms with Gasteiger partial charge < -0.3 is 5.11 Å². The zero-order chi connectivity index (χ0) is 13.2. The van der Waals surface area contributed by atoms with Crippen LogP contribution in [0.5, 0.6) is 0 Å². The first-order valence-corrected chi connectivity index (χ1v) is 7.45. The van der Waals surface area contributed by atoms with Gasteiger partial charge in [0.05, 0.1) is 6.10 Å². The van der Waals surface area contributed by atoms with E-state index in [1.807, 2.05) is 17.8 Å². The van der Waals surface area contributed by atoms with Gasteiger partial charge in [0.2, 0.25) is 0 Å². The van der Waals surface area contributed by atoms with Crippen molar-refractivity contribution in [3.63, 3.8) is 0 Å². The molecule has 18 heavy (non-hydrogen) atoms. The third-order valence-electron chi connectivity index (χ3n) is 3.61. The van der Waals surface area contributed by atoms with Gasteiger partial charge >= 0.3 is 0 Å². The lowest BCUT2D eigenvalue weighted by atomic mass is 9.85. The van der Waals surface area contributed by atoms with Gasteiger partial charge in [0.25, 0.3) is 0 Å². The van der Waals surface area contributed by atoms with Gasteiger partial charge in [-0.3, -0.25) is 0 Å². The number of aliphatic hydroxyl groups excluding tert-OH is 1. The minimum Gasteiger partial charge on any atom is -0.393 e. The van der Waals surface area contributed by atoms with Crippen molar-refractivity contribution < 1.29 is 5.11 Å². The fourth-order valence-electron chi connectivity index (χ4n) is 2.35. The third-order valence-corrected chi connectivity index (χ3v) is 5.02. The average Bonchev–Trinajstić information content (AvgIpc) is 2.42. The Morgan fingerprint density at radius 3 is 2.56 bits per heavy atom. The summed E-state index contributed by atoms with van der Waals surface area (Å²) in [5.41, 5.74) is 0.0969. The minimum atomic E-state index is -0.226. The Kier molecular flexibility index (Phi) is 4.18. The first kappa shape index (κ1) is 13.7. The minimum absolute atomic E-state index is 0.0969. The van der Waals surface area contributed by atoms with Crippen molar-refractivity contribution in [3.05, 3.63) is 42.5 Å². The van der Waals surface area contributed by atoms with E-state index in [0.717, 1.165) is 6.42 Å². The molecule has 98 valence electrons. The molecule has 0 fully saturated rings. The van der Waals surface area contributed by atoms with E-state index < -0.39 is 0 Å². The van der Waals surface area contributed by atoms with E-state index >= 15 is 0 Å². The quantitative estimate of drug-likeness (QED) is 0.809. The van der Waals surface area contributed by atoms with Crippen LogP contribution in [0.1, 0.15) is 27.2 Å². The van der Waals surface area contributed by atoms with Crippen molar-refractivity contribution in [2.24, 2.45) is 11.3 Å². The SMILES string of the molecule is CC1C(O)CC(C)(C)C=CC1Sc1ccccc1. The van der Waals surface area contributed by atoms with Gasteiger partial charge in [-0.2, -0.15) is 0 Å². The fourth-order valence-corrected chi connectivity index (χ4v) is 3.53. The summed E-state index contributed by atoms with van der Waals surface area (Å²) < 4.78 is 0. The summed E-state index contributed by atoms with van der Waals surface area (Å²) in [6, 6.07) is 10.4. The number of thioether (sulfide) groups is 1. The number of rotatable bonds is 2. The molecule has 3 atom stereocenters. The zero-order valence-corrected chi connectivity index (χ0v) is 12.2. The largest absolute Gasteiger partial charge is 0.393 e. The van der Waals surface area contributed by atoms with Gasteiger partial charge in [0.1, 0.15) is 0 Å². The smallest absolute Gasteiger partial charge is 0.0587 e.